The van der Waals surface area contributed by atoms with E-state index in [9.17, 15) is 4.79 Å². The molecule has 0 aromatic heterocycles. The first kappa shape index (κ1) is 19.2. The Morgan fingerprint density at radius 2 is 1.85 bits per heavy atom. The topological polar surface area (TPSA) is 36.0 Å². The van der Waals surface area contributed by atoms with E-state index in [1.54, 1.807) is 7.11 Å². The molecule has 0 N–H and O–H groups in total. The minimum atomic E-state index is 0.119. The number of amides is 1. The molecule has 1 amide bonds. The summed E-state index contributed by atoms with van der Waals surface area (Å²) in [6.45, 7) is 9.28. The number of hydrogen-bond acceptors (Lipinski definition) is 4. The van der Waals surface area contributed by atoms with Crippen molar-refractivity contribution in [2.75, 3.05) is 47.4 Å². The van der Waals surface area contributed by atoms with Crippen LogP contribution < -0.4 is 4.74 Å². The summed E-state index contributed by atoms with van der Waals surface area (Å²) < 4.78 is 5.45. The highest BCUT2D eigenvalue weighted by molar-refractivity contribution is 5.76. The van der Waals surface area contributed by atoms with E-state index in [4.69, 9.17) is 4.74 Å². The highest BCUT2D eigenvalue weighted by atomic mass is 16.5. The minimum absolute atomic E-state index is 0.119. The summed E-state index contributed by atoms with van der Waals surface area (Å²) in [7, 11) is 5.90. The lowest BCUT2D eigenvalue weighted by Crippen LogP contribution is -2.60. The van der Waals surface area contributed by atoms with Gasteiger partial charge >= 0.3 is 0 Å². The van der Waals surface area contributed by atoms with Crippen LogP contribution in [0.5, 0.6) is 5.75 Å². The summed E-state index contributed by atoms with van der Waals surface area (Å²) >= 11 is 0. The van der Waals surface area contributed by atoms with E-state index >= 15 is 0 Å². The Kier molecular flexibility index (Phi) is 5.58. The first-order valence-electron chi connectivity index (χ1n) is 9.66. The number of aryl methyl sites for hydroxylation is 2. The number of benzene rings is 1. The Morgan fingerprint density at radius 1 is 1.08 bits per heavy atom. The van der Waals surface area contributed by atoms with Gasteiger partial charge < -0.3 is 9.64 Å². The molecule has 26 heavy (non-hydrogen) atoms. The van der Waals surface area contributed by atoms with Gasteiger partial charge in [-0.05, 0) is 56.5 Å². The number of carbonyl (C=O) groups excluding carboxylic acids is 1. The molecule has 1 unspecified atom stereocenters. The fourth-order valence-corrected chi connectivity index (χ4v) is 4.46. The second-order valence-corrected chi connectivity index (χ2v) is 8.17. The van der Waals surface area contributed by atoms with E-state index in [1.165, 1.54) is 16.7 Å². The SMILES string of the molecule is COc1cc(C)c(CN2CCN(C)C3(CCC(=O)N(C)CC3)C2)cc1C. The number of likely N-dealkylation sites (N-methyl/N-ethyl adjacent to an activating group) is 1. The number of hydrogen-bond donors (Lipinski definition) is 0. The zero-order valence-electron chi connectivity index (χ0n) is 17.0. The van der Waals surface area contributed by atoms with Crippen molar-refractivity contribution in [1.29, 1.82) is 0 Å². The van der Waals surface area contributed by atoms with Crippen LogP contribution in [-0.2, 0) is 11.3 Å². The van der Waals surface area contributed by atoms with Gasteiger partial charge in [0, 0.05) is 51.7 Å². The molecule has 1 atom stereocenters. The maximum atomic E-state index is 12.1. The normalized spacial score (nSPS) is 25.6. The Labute approximate surface area is 157 Å². The van der Waals surface area contributed by atoms with Crippen LogP contribution in [0.2, 0.25) is 0 Å². The molecule has 2 saturated heterocycles. The van der Waals surface area contributed by atoms with Gasteiger partial charge in [0.25, 0.3) is 0 Å². The average molecular weight is 360 g/mol. The third-order valence-electron chi connectivity index (χ3n) is 6.47. The van der Waals surface area contributed by atoms with Crippen LogP contribution >= 0.6 is 0 Å². The molecule has 2 heterocycles. The summed E-state index contributed by atoms with van der Waals surface area (Å²) in [5.41, 5.74) is 3.98. The van der Waals surface area contributed by atoms with Gasteiger partial charge in [-0.25, -0.2) is 0 Å². The smallest absolute Gasteiger partial charge is 0.222 e. The van der Waals surface area contributed by atoms with Crippen molar-refractivity contribution < 1.29 is 9.53 Å². The van der Waals surface area contributed by atoms with Crippen LogP contribution in [0.15, 0.2) is 12.1 Å². The lowest BCUT2D eigenvalue weighted by Gasteiger charge is -2.49. The van der Waals surface area contributed by atoms with Gasteiger partial charge in [-0.3, -0.25) is 14.6 Å². The van der Waals surface area contributed by atoms with E-state index in [1.807, 2.05) is 11.9 Å². The number of ether oxygens (including phenoxy) is 1. The molecule has 3 rings (SSSR count). The molecular weight excluding hydrogens is 326 g/mol. The monoisotopic (exact) mass is 359 g/mol. The van der Waals surface area contributed by atoms with Crippen molar-refractivity contribution in [2.24, 2.45) is 0 Å². The van der Waals surface area contributed by atoms with E-state index in [0.29, 0.717) is 6.42 Å². The molecule has 1 spiro atoms. The molecule has 5 nitrogen and oxygen atoms in total. The Morgan fingerprint density at radius 3 is 2.58 bits per heavy atom. The van der Waals surface area contributed by atoms with Crippen molar-refractivity contribution >= 4 is 5.91 Å². The van der Waals surface area contributed by atoms with Crippen molar-refractivity contribution in [3.05, 3.63) is 28.8 Å². The molecule has 144 valence electrons. The average Bonchev–Trinajstić information content (AvgIpc) is 2.75. The van der Waals surface area contributed by atoms with Crippen LogP contribution in [0.3, 0.4) is 0 Å². The Bertz CT molecular complexity index is 675. The number of likely N-dealkylation sites (tertiary alicyclic amines) is 1. The second kappa shape index (κ2) is 7.57. The van der Waals surface area contributed by atoms with E-state index < -0.39 is 0 Å². The molecule has 2 aliphatic rings. The first-order chi connectivity index (χ1) is 12.3. The van der Waals surface area contributed by atoms with Crippen LogP contribution in [0.4, 0.5) is 0 Å². The molecule has 0 aliphatic carbocycles. The number of piperazine rings is 1. The van der Waals surface area contributed by atoms with Crippen molar-refractivity contribution in [2.45, 2.75) is 45.2 Å². The van der Waals surface area contributed by atoms with E-state index in [-0.39, 0.29) is 11.4 Å². The predicted octanol–water partition coefficient (Wildman–Crippen LogP) is 2.44. The molecular formula is C21H33N3O2. The van der Waals surface area contributed by atoms with Gasteiger partial charge in [0.1, 0.15) is 5.75 Å². The van der Waals surface area contributed by atoms with Gasteiger partial charge in [0.15, 0.2) is 0 Å². The largest absolute Gasteiger partial charge is 0.496 e. The van der Waals surface area contributed by atoms with Crippen molar-refractivity contribution in [3.8, 4) is 5.75 Å². The summed E-state index contributed by atoms with van der Waals surface area (Å²) in [5.74, 6) is 1.25. The molecule has 5 heteroatoms. The van der Waals surface area contributed by atoms with Crippen molar-refractivity contribution in [1.82, 2.24) is 14.7 Å². The maximum absolute atomic E-state index is 12.1. The standard InChI is InChI=1S/C21H33N3O2/c1-16-13-19(26-5)17(2)12-18(16)14-24-11-10-23(4)21(15-24)7-6-20(25)22(3)9-8-21/h12-13H,6-11,14-15H2,1-5H3. The third kappa shape index (κ3) is 3.74. The lowest BCUT2D eigenvalue weighted by molar-refractivity contribution is -0.129. The van der Waals surface area contributed by atoms with Gasteiger partial charge in [-0.15, -0.1) is 0 Å². The summed E-state index contributed by atoms with van der Waals surface area (Å²) in [6, 6.07) is 4.42. The Hall–Kier alpha value is -1.59. The van der Waals surface area contributed by atoms with Crippen LogP contribution in [0.1, 0.15) is 36.0 Å². The summed E-state index contributed by atoms with van der Waals surface area (Å²) in [5, 5.41) is 0. The molecule has 2 aliphatic heterocycles. The predicted molar refractivity (Wildman–Crippen MR) is 105 cm³/mol. The Balaban J connectivity index is 1.76. The van der Waals surface area contributed by atoms with Crippen LogP contribution in [0, 0.1) is 13.8 Å². The van der Waals surface area contributed by atoms with Crippen LogP contribution in [-0.4, -0.2) is 73.5 Å². The molecule has 0 bridgehead atoms. The first-order valence-corrected chi connectivity index (χ1v) is 9.66. The number of nitrogens with zero attached hydrogens (tertiary/aromatic N) is 3. The lowest BCUT2D eigenvalue weighted by atomic mass is 9.86. The van der Waals surface area contributed by atoms with E-state index in [0.717, 1.165) is 51.3 Å². The molecule has 1 aromatic rings. The summed E-state index contributed by atoms with van der Waals surface area (Å²) in [4.78, 5) is 19.1. The third-order valence-corrected chi connectivity index (χ3v) is 6.47. The summed E-state index contributed by atoms with van der Waals surface area (Å²) in [6.07, 6.45) is 2.68. The van der Waals surface area contributed by atoms with Gasteiger partial charge in [-0.2, -0.15) is 0 Å². The fraction of sp³-hybridized carbons (Fsp3) is 0.667. The van der Waals surface area contributed by atoms with Crippen LogP contribution in [0.25, 0.3) is 0 Å². The van der Waals surface area contributed by atoms with Gasteiger partial charge in [0.2, 0.25) is 5.91 Å². The zero-order chi connectivity index (χ0) is 18.9. The molecule has 2 fully saturated rings. The second-order valence-electron chi connectivity index (χ2n) is 8.17. The van der Waals surface area contributed by atoms with E-state index in [2.05, 4.69) is 42.8 Å². The quantitative estimate of drug-likeness (QED) is 0.831. The number of methoxy groups -OCH3 is 1. The minimum Gasteiger partial charge on any atom is -0.496 e. The highest BCUT2D eigenvalue weighted by Gasteiger charge is 2.41. The maximum Gasteiger partial charge on any atom is 0.222 e. The number of rotatable bonds is 3. The van der Waals surface area contributed by atoms with Gasteiger partial charge in [0.05, 0.1) is 7.11 Å². The molecule has 0 radical (unpaired) electrons. The molecule has 0 saturated carbocycles. The highest BCUT2D eigenvalue weighted by Crippen LogP contribution is 2.33. The van der Waals surface area contributed by atoms with Gasteiger partial charge in [-0.1, -0.05) is 6.07 Å². The van der Waals surface area contributed by atoms with Crippen molar-refractivity contribution in [3.63, 3.8) is 0 Å². The molecule has 1 aromatic carbocycles. The fourth-order valence-electron chi connectivity index (χ4n) is 4.46. The number of carbonyl (C=O) groups is 1. The zero-order valence-corrected chi connectivity index (χ0v) is 17.0.